The van der Waals surface area contributed by atoms with Gasteiger partial charge in [0.05, 0.1) is 11.1 Å². The fraction of sp³-hybridized carbons (Fsp3) is 0.250. The van der Waals surface area contributed by atoms with Gasteiger partial charge in [-0.2, -0.15) is 0 Å². The Morgan fingerprint density at radius 2 is 1.81 bits per heavy atom. The van der Waals surface area contributed by atoms with Gasteiger partial charge in [0.1, 0.15) is 5.82 Å². The van der Waals surface area contributed by atoms with Crippen molar-refractivity contribution in [2.24, 2.45) is 0 Å². The summed E-state index contributed by atoms with van der Waals surface area (Å²) in [5, 5.41) is 3.02. The molecule has 0 heterocycles. The van der Waals surface area contributed by atoms with Crippen LogP contribution in [-0.2, 0) is 0 Å². The lowest BCUT2D eigenvalue weighted by atomic mass is 9.96. The Labute approximate surface area is 126 Å². The van der Waals surface area contributed by atoms with Crippen LogP contribution in [0.4, 0.5) is 13.2 Å². The van der Waals surface area contributed by atoms with Gasteiger partial charge in [-0.25, -0.2) is 13.2 Å². The molecule has 0 aliphatic heterocycles. The fourth-order valence-corrected chi connectivity index (χ4v) is 2.30. The van der Waals surface area contributed by atoms with E-state index in [1.165, 1.54) is 31.2 Å². The first-order chi connectivity index (χ1) is 9.95. The van der Waals surface area contributed by atoms with Crippen LogP contribution in [0.1, 0.15) is 29.7 Å². The average molecular weight is 314 g/mol. The molecule has 0 fully saturated rings. The van der Waals surface area contributed by atoms with Crippen LogP contribution in [0.15, 0.2) is 30.3 Å². The molecular weight excluding hydrogens is 299 g/mol. The van der Waals surface area contributed by atoms with E-state index in [1.54, 1.807) is 6.07 Å². The number of halogens is 4. The van der Waals surface area contributed by atoms with Gasteiger partial charge >= 0.3 is 0 Å². The first-order valence-electron chi connectivity index (χ1n) is 6.58. The van der Waals surface area contributed by atoms with E-state index in [1.807, 2.05) is 6.92 Å². The van der Waals surface area contributed by atoms with E-state index in [4.69, 9.17) is 11.6 Å². The Balaban J connectivity index is 2.53. The number of rotatable bonds is 4. The summed E-state index contributed by atoms with van der Waals surface area (Å²) in [7, 11) is 0. The van der Waals surface area contributed by atoms with Crippen molar-refractivity contribution in [1.29, 1.82) is 0 Å². The maximum absolute atomic E-state index is 14.2. The van der Waals surface area contributed by atoms with Crippen LogP contribution in [0.5, 0.6) is 0 Å². The molecule has 0 spiro atoms. The average Bonchev–Trinajstić information content (AvgIpc) is 2.46. The molecule has 5 heteroatoms. The molecule has 0 saturated heterocycles. The summed E-state index contributed by atoms with van der Waals surface area (Å²) >= 11 is 5.66. The van der Waals surface area contributed by atoms with Crippen molar-refractivity contribution in [3.63, 3.8) is 0 Å². The van der Waals surface area contributed by atoms with Crippen LogP contribution in [0.2, 0.25) is 5.02 Å². The Bertz CT molecular complexity index is 658. The molecular formula is C16H15ClF3N. The molecule has 0 bridgehead atoms. The quantitative estimate of drug-likeness (QED) is 0.857. The highest BCUT2D eigenvalue weighted by Crippen LogP contribution is 2.29. The first kappa shape index (κ1) is 15.9. The summed E-state index contributed by atoms with van der Waals surface area (Å²) in [4.78, 5) is 0. The Hall–Kier alpha value is -1.52. The second-order valence-corrected chi connectivity index (χ2v) is 5.17. The highest BCUT2D eigenvalue weighted by Gasteiger charge is 2.21. The van der Waals surface area contributed by atoms with Crippen LogP contribution in [0.3, 0.4) is 0 Å². The van der Waals surface area contributed by atoms with E-state index in [2.05, 4.69) is 5.32 Å². The molecule has 1 atom stereocenters. The normalized spacial score (nSPS) is 12.5. The smallest absolute Gasteiger partial charge is 0.164 e. The van der Waals surface area contributed by atoms with Gasteiger partial charge in [-0.15, -0.1) is 0 Å². The molecule has 112 valence electrons. The van der Waals surface area contributed by atoms with Crippen LogP contribution in [-0.4, -0.2) is 6.54 Å². The number of hydrogen-bond acceptors (Lipinski definition) is 1. The Morgan fingerprint density at radius 1 is 1.10 bits per heavy atom. The summed E-state index contributed by atoms with van der Waals surface area (Å²) in [6.45, 7) is 3.85. The van der Waals surface area contributed by atoms with Crippen LogP contribution in [0.25, 0.3) is 0 Å². The van der Waals surface area contributed by atoms with Crippen molar-refractivity contribution < 1.29 is 13.2 Å². The van der Waals surface area contributed by atoms with E-state index in [0.717, 1.165) is 0 Å². The standard InChI is InChI=1S/C16H15ClF3N/c1-3-21-16(10-5-7-12(17)13(18)8-10)11-6-4-9(2)14(19)15(11)20/h4-8,16,21H,3H2,1-2H3. The Morgan fingerprint density at radius 3 is 2.43 bits per heavy atom. The molecule has 2 aromatic carbocycles. The van der Waals surface area contributed by atoms with Crippen molar-refractivity contribution in [3.05, 3.63) is 69.5 Å². The predicted molar refractivity (Wildman–Crippen MR) is 78.0 cm³/mol. The SMILES string of the molecule is CCNC(c1ccc(Cl)c(F)c1)c1ccc(C)c(F)c1F. The minimum Gasteiger partial charge on any atom is -0.306 e. The molecule has 2 rings (SSSR count). The van der Waals surface area contributed by atoms with Crippen LogP contribution in [0, 0.1) is 24.4 Å². The number of benzene rings is 2. The van der Waals surface area contributed by atoms with Gasteiger partial charge in [0.25, 0.3) is 0 Å². The monoisotopic (exact) mass is 313 g/mol. The summed E-state index contributed by atoms with van der Waals surface area (Å²) < 4.78 is 41.5. The zero-order valence-electron chi connectivity index (χ0n) is 11.7. The molecule has 0 aliphatic carbocycles. The number of aryl methyl sites for hydroxylation is 1. The van der Waals surface area contributed by atoms with Gasteiger partial charge in [0.15, 0.2) is 11.6 Å². The second-order valence-electron chi connectivity index (χ2n) is 4.76. The van der Waals surface area contributed by atoms with E-state index in [0.29, 0.717) is 12.1 Å². The molecule has 2 aromatic rings. The summed E-state index contributed by atoms with van der Waals surface area (Å²) in [5.41, 5.74) is 0.858. The van der Waals surface area contributed by atoms with Crippen molar-refractivity contribution in [3.8, 4) is 0 Å². The third-order valence-corrected chi connectivity index (χ3v) is 3.61. The Kier molecular flexibility index (Phi) is 4.91. The van der Waals surface area contributed by atoms with Crippen LogP contribution >= 0.6 is 11.6 Å². The van der Waals surface area contributed by atoms with Crippen molar-refractivity contribution in [1.82, 2.24) is 5.32 Å². The van der Waals surface area contributed by atoms with E-state index >= 15 is 0 Å². The first-order valence-corrected chi connectivity index (χ1v) is 6.96. The van der Waals surface area contributed by atoms with Crippen molar-refractivity contribution >= 4 is 11.6 Å². The van der Waals surface area contributed by atoms with Gasteiger partial charge in [0, 0.05) is 5.56 Å². The summed E-state index contributed by atoms with van der Waals surface area (Å²) in [6, 6.07) is 6.59. The number of hydrogen-bond donors (Lipinski definition) is 1. The van der Waals surface area contributed by atoms with Gasteiger partial charge < -0.3 is 5.32 Å². The second kappa shape index (κ2) is 6.50. The lowest BCUT2D eigenvalue weighted by molar-refractivity contribution is 0.478. The van der Waals surface area contributed by atoms with Gasteiger partial charge in [-0.3, -0.25) is 0 Å². The molecule has 0 aliphatic rings. The zero-order chi connectivity index (χ0) is 15.6. The van der Waals surface area contributed by atoms with Gasteiger partial charge in [-0.1, -0.05) is 36.7 Å². The molecule has 1 N–H and O–H groups in total. The highest BCUT2D eigenvalue weighted by atomic mass is 35.5. The third kappa shape index (κ3) is 3.22. The van der Waals surface area contributed by atoms with E-state index in [-0.39, 0.29) is 16.1 Å². The van der Waals surface area contributed by atoms with Gasteiger partial charge in [0.2, 0.25) is 0 Å². The highest BCUT2D eigenvalue weighted by molar-refractivity contribution is 6.30. The summed E-state index contributed by atoms with van der Waals surface area (Å²) in [5.74, 6) is -2.40. The molecule has 1 unspecified atom stereocenters. The van der Waals surface area contributed by atoms with Crippen molar-refractivity contribution in [2.75, 3.05) is 6.54 Å². The minimum atomic E-state index is -0.920. The molecule has 21 heavy (non-hydrogen) atoms. The van der Waals surface area contributed by atoms with E-state index < -0.39 is 23.5 Å². The fourth-order valence-electron chi connectivity index (χ4n) is 2.19. The zero-order valence-corrected chi connectivity index (χ0v) is 12.4. The van der Waals surface area contributed by atoms with Crippen molar-refractivity contribution in [2.45, 2.75) is 19.9 Å². The molecule has 0 saturated carbocycles. The largest absolute Gasteiger partial charge is 0.306 e. The molecule has 0 aromatic heterocycles. The predicted octanol–water partition coefficient (Wildman–Crippen LogP) is 4.76. The van der Waals surface area contributed by atoms with E-state index in [9.17, 15) is 13.2 Å². The molecule has 0 amide bonds. The summed E-state index contributed by atoms with van der Waals surface area (Å²) in [6.07, 6.45) is 0. The van der Waals surface area contributed by atoms with Crippen LogP contribution < -0.4 is 5.32 Å². The lowest BCUT2D eigenvalue weighted by Gasteiger charge is -2.20. The lowest BCUT2D eigenvalue weighted by Crippen LogP contribution is -2.23. The molecule has 1 nitrogen and oxygen atoms in total. The minimum absolute atomic E-state index is 0.00967. The maximum atomic E-state index is 14.2. The topological polar surface area (TPSA) is 12.0 Å². The maximum Gasteiger partial charge on any atom is 0.164 e. The third-order valence-electron chi connectivity index (χ3n) is 3.30. The molecule has 0 radical (unpaired) electrons. The number of nitrogens with one attached hydrogen (secondary N) is 1. The van der Waals surface area contributed by atoms with Gasteiger partial charge in [-0.05, 0) is 36.7 Å².